The second kappa shape index (κ2) is 5.52. The second-order valence-electron chi connectivity index (χ2n) is 4.44. The largest absolute Gasteiger partial charge is 0.356 e. The van der Waals surface area contributed by atoms with Gasteiger partial charge in [0, 0.05) is 18.9 Å². The second-order valence-corrected chi connectivity index (χ2v) is 5.68. The average Bonchev–Trinajstić information content (AvgIpc) is 2.92. The molecule has 2 rings (SSSR count). The molecule has 4 nitrogen and oxygen atoms in total. The maximum absolute atomic E-state index is 4.50. The van der Waals surface area contributed by atoms with E-state index in [4.69, 9.17) is 0 Å². The zero-order valence-corrected chi connectivity index (χ0v) is 12.2. The van der Waals surface area contributed by atoms with E-state index in [0.717, 1.165) is 29.6 Å². The summed E-state index contributed by atoms with van der Waals surface area (Å²) in [5.41, 5.74) is 1.13. The molecular formula is C13H20N4S. The summed E-state index contributed by atoms with van der Waals surface area (Å²) in [5.74, 6) is 0.940. The Hall–Kier alpha value is -1.36. The predicted octanol–water partition coefficient (Wildman–Crippen LogP) is 3.39. The van der Waals surface area contributed by atoms with E-state index in [1.165, 1.54) is 4.88 Å². The van der Waals surface area contributed by atoms with E-state index >= 15 is 0 Å². The molecule has 5 heteroatoms. The van der Waals surface area contributed by atoms with Crippen LogP contribution < -0.4 is 5.32 Å². The van der Waals surface area contributed by atoms with Crippen LogP contribution in [0.5, 0.6) is 0 Å². The zero-order chi connectivity index (χ0) is 13.1. The van der Waals surface area contributed by atoms with Crippen LogP contribution >= 0.6 is 11.3 Å². The van der Waals surface area contributed by atoms with Gasteiger partial charge >= 0.3 is 0 Å². The van der Waals surface area contributed by atoms with Crippen LogP contribution in [-0.2, 0) is 0 Å². The minimum absolute atomic E-state index is 0.276. The van der Waals surface area contributed by atoms with Crippen LogP contribution in [0.3, 0.4) is 0 Å². The summed E-state index contributed by atoms with van der Waals surface area (Å²) in [6, 6.07) is 0.276. The maximum Gasteiger partial charge on any atom is 0.203 e. The Morgan fingerprint density at radius 3 is 2.83 bits per heavy atom. The van der Waals surface area contributed by atoms with Crippen LogP contribution in [0.4, 0.5) is 5.95 Å². The minimum Gasteiger partial charge on any atom is -0.356 e. The number of anilines is 1. The van der Waals surface area contributed by atoms with E-state index < -0.39 is 0 Å². The normalized spacial score (nSPS) is 12.7. The maximum atomic E-state index is 4.50. The van der Waals surface area contributed by atoms with Gasteiger partial charge in [0.2, 0.25) is 5.95 Å². The van der Waals surface area contributed by atoms with E-state index in [1.54, 1.807) is 11.3 Å². The van der Waals surface area contributed by atoms with Crippen molar-refractivity contribution >= 4 is 17.3 Å². The van der Waals surface area contributed by atoms with Gasteiger partial charge in [-0.15, -0.1) is 11.3 Å². The number of hydrogen-bond donors (Lipinski definition) is 1. The van der Waals surface area contributed by atoms with Gasteiger partial charge in [-0.25, -0.2) is 9.97 Å². The van der Waals surface area contributed by atoms with E-state index in [2.05, 4.69) is 47.5 Å². The van der Waals surface area contributed by atoms with Crippen LogP contribution in [0.2, 0.25) is 0 Å². The Morgan fingerprint density at radius 1 is 1.44 bits per heavy atom. The SMILES string of the molecule is CCCNc1nccn1C(C)c1sc(C)nc1C. The number of rotatable bonds is 5. The molecule has 0 saturated heterocycles. The highest BCUT2D eigenvalue weighted by Gasteiger charge is 2.16. The van der Waals surface area contributed by atoms with Gasteiger partial charge in [-0.2, -0.15) is 0 Å². The van der Waals surface area contributed by atoms with Crippen molar-refractivity contribution in [3.8, 4) is 0 Å². The number of imidazole rings is 1. The van der Waals surface area contributed by atoms with Crippen molar-refractivity contribution in [1.29, 1.82) is 0 Å². The Bertz CT molecular complexity index is 515. The molecule has 0 fully saturated rings. The fraction of sp³-hybridized carbons (Fsp3) is 0.538. The Morgan fingerprint density at radius 2 is 2.22 bits per heavy atom. The number of aromatic nitrogens is 3. The first-order chi connectivity index (χ1) is 8.63. The van der Waals surface area contributed by atoms with Crippen molar-refractivity contribution < 1.29 is 0 Å². The van der Waals surface area contributed by atoms with Gasteiger partial charge in [-0.05, 0) is 27.2 Å². The van der Waals surface area contributed by atoms with Crippen molar-refractivity contribution in [3.05, 3.63) is 28.0 Å². The lowest BCUT2D eigenvalue weighted by atomic mass is 10.2. The molecule has 0 radical (unpaired) electrons. The molecule has 0 aliphatic heterocycles. The van der Waals surface area contributed by atoms with E-state index in [9.17, 15) is 0 Å². The summed E-state index contributed by atoms with van der Waals surface area (Å²) in [6.07, 6.45) is 4.97. The third-order valence-electron chi connectivity index (χ3n) is 2.94. The van der Waals surface area contributed by atoms with E-state index in [-0.39, 0.29) is 6.04 Å². The molecule has 2 aromatic heterocycles. The van der Waals surface area contributed by atoms with Crippen LogP contribution in [0.15, 0.2) is 12.4 Å². The molecule has 0 amide bonds. The summed E-state index contributed by atoms with van der Waals surface area (Å²) >= 11 is 1.77. The van der Waals surface area contributed by atoms with Gasteiger partial charge in [0.1, 0.15) is 0 Å². The lowest BCUT2D eigenvalue weighted by Gasteiger charge is -2.16. The summed E-state index contributed by atoms with van der Waals surface area (Å²) < 4.78 is 2.18. The van der Waals surface area contributed by atoms with Crippen molar-refractivity contribution in [2.75, 3.05) is 11.9 Å². The summed E-state index contributed by atoms with van der Waals surface area (Å²) in [6.45, 7) is 9.42. The van der Waals surface area contributed by atoms with Gasteiger partial charge in [0.25, 0.3) is 0 Å². The van der Waals surface area contributed by atoms with Crippen molar-refractivity contribution in [3.63, 3.8) is 0 Å². The first-order valence-electron chi connectivity index (χ1n) is 6.34. The topological polar surface area (TPSA) is 42.7 Å². The zero-order valence-electron chi connectivity index (χ0n) is 11.4. The molecule has 98 valence electrons. The number of hydrogen-bond acceptors (Lipinski definition) is 4. The third kappa shape index (κ3) is 2.56. The first-order valence-corrected chi connectivity index (χ1v) is 7.15. The van der Waals surface area contributed by atoms with Gasteiger partial charge in [-0.1, -0.05) is 6.92 Å². The Kier molecular flexibility index (Phi) is 4.01. The molecule has 0 spiro atoms. The number of nitrogens with zero attached hydrogens (tertiary/aromatic N) is 3. The quantitative estimate of drug-likeness (QED) is 0.900. The van der Waals surface area contributed by atoms with Crippen molar-refractivity contribution in [2.24, 2.45) is 0 Å². The minimum atomic E-state index is 0.276. The summed E-state index contributed by atoms with van der Waals surface area (Å²) in [5, 5.41) is 4.48. The monoisotopic (exact) mass is 264 g/mol. The van der Waals surface area contributed by atoms with E-state index in [0.29, 0.717) is 0 Å². The van der Waals surface area contributed by atoms with Crippen LogP contribution in [0.1, 0.15) is 41.9 Å². The molecule has 2 heterocycles. The fourth-order valence-electron chi connectivity index (χ4n) is 2.06. The summed E-state index contributed by atoms with van der Waals surface area (Å²) in [4.78, 5) is 10.2. The standard InChI is InChI=1S/C13H20N4S/c1-5-6-14-13-15-7-8-17(13)10(3)12-9(2)16-11(4)18-12/h7-8,10H,5-6H2,1-4H3,(H,14,15). The van der Waals surface area contributed by atoms with Crippen LogP contribution in [0, 0.1) is 13.8 Å². The van der Waals surface area contributed by atoms with Gasteiger partial charge < -0.3 is 9.88 Å². The number of aryl methyl sites for hydroxylation is 2. The molecule has 0 aromatic carbocycles. The fourth-order valence-corrected chi connectivity index (χ4v) is 3.04. The molecule has 0 aliphatic carbocycles. The molecule has 0 aliphatic rings. The molecule has 1 unspecified atom stereocenters. The van der Waals surface area contributed by atoms with Crippen LogP contribution in [-0.4, -0.2) is 21.1 Å². The molecule has 0 bridgehead atoms. The lowest BCUT2D eigenvalue weighted by molar-refractivity contribution is 0.648. The first kappa shape index (κ1) is 13.1. The highest BCUT2D eigenvalue weighted by atomic mass is 32.1. The summed E-state index contributed by atoms with van der Waals surface area (Å²) in [7, 11) is 0. The van der Waals surface area contributed by atoms with Gasteiger partial charge in [0.15, 0.2) is 0 Å². The number of thiazole rings is 1. The lowest BCUT2D eigenvalue weighted by Crippen LogP contribution is -2.12. The van der Waals surface area contributed by atoms with Gasteiger partial charge in [0.05, 0.1) is 21.6 Å². The Balaban J connectivity index is 2.25. The van der Waals surface area contributed by atoms with Crippen molar-refractivity contribution in [1.82, 2.24) is 14.5 Å². The smallest absolute Gasteiger partial charge is 0.203 e. The average molecular weight is 264 g/mol. The molecular weight excluding hydrogens is 244 g/mol. The van der Waals surface area contributed by atoms with Crippen molar-refractivity contribution in [2.45, 2.75) is 40.2 Å². The molecule has 2 aromatic rings. The highest BCUT2D eigenvalue weighted by Crippen LogP contribution is 2.29. The molecule has 0 saturated carbocycles. The molecule has 1 atom stereocenters. The number of nitrogens with one attached hydrogen (secondary N) is 1. The van der Waals surface area contributed by atoms with Gasteiger partial charge in [-0.3, -0.25) is 0 Å². The molecule has 18 heavy (non-hydrogen) atoms. The predicted molar refractivity (Wildman–Crippen MR) is 76.4 cm³/mol. The highest BCUT2D eigenvalue weighted by molar-refractivity contribution is 7.11. The Labute approximate surface area is 112 Å². The molecule has 1 N–H and O–H groups in total. The van der Waals surface area contributed by atoms with Crippen LogP contribution in [0.25, 0.3) is 0 Å². The third-order valence-corrected chi connectivity index (χ3v) is 4.18. The van der Waals surface area contributed by atoms with E-state index in [1.807, 2.05) is 12.4 Å².